The Balaban J connectivity index is 1.50. The number of nitrogens with zero attached hydrogens (tertiary/aromatic N) is 3. The molecule has 4 aromatic rings. The average molecular weight is 458 g/mol. The van der Waals surface area contributed by atoms with Crippen LogP contribution < -0.4 is 23.8 Å². The molecular formula is C27H27N3O4. The average Bonchev–Trinajstić information content (AvgIpc) is 2.87. The Bertz CT molecular complexity index is 1360. The van der Waals surface area contributed by atoms with Crippen molar-refractivity contribution < 1.29 is 18.9 Å². The summed E-state index contributed by atoms with van der Waals surface area (Å²) in [5, 5.41) is 0.754. The standard InChI is InChI=1S/C27H27N3O4/c1-17-7-10-24(31-2)23(12-17)30-11-5-6-18-13-19(8-9-22(18)30)34-27-20-14-25(32-3)26(33-4)15-21(20)28-16-29-27/h7-10,12-16H,5-6,11H2,1-4H3. The van der Waals surface area contributed by atoms with Crippen molar-refractivity contribution in [3.8, 4) is 28.9 Å². The van der Waals surface area contributed by atoms with Crippen LogP contribution in [0, 0.1) is 6.92 Å². The molecule has 0 bridgehead atoms. The van der Waals surface area contributed by atoms with Gasteiger partial charge in [0.15, 0.2) is 11.5 Å². The van der Waals surface area contributed by atoms with E-state index in [1.54, 1.807) is 21.3 Å². The van der Waals surface area contributed by atoms with E-state index in [0.717, 1.165) is 47.5 Å². The van der Waals surface area contributed by atoms with Gasteiger partial charge < -0.3 is 23.8 Å². The molecule has 0 N–H and O–H groups in total. The number of benzene rings is 3. The third-order valence-corrected chi connectivity index (χ3v) is 6.11. The lowest BCUT2D eigenvalue weighted by Gasteiger charge is -2.32. The van der Waals surface area contributed by atoms with Crippen LogP contribution in [-0.2, 0) is 6.42 Å². The van der Waals surface area contributed by atoms with Crippen molar-refractivity contribution in [1.29, 1.82) is 0 Å². The molecule has 0 atom stereocenters. The number of aromatic nitrogens is 2. The summed E-state index contributed by atoms with van der Waals surface area (Å²) in [5.74, 6) is 3.28. The van der Waals surface area contributed by atoms with Crippen molar-refractivity contribution in [1.82, 2.24) is 9.97 Å². The molecule has 0 radical (unpaired) electrons. The molecule has 174 valence electrons. The summed E-state index contributed by atoms with van der Waals surface area (Å²) in [6, 6.07) is 16.1. The third kappa shape index (κ3) is 3.94. The van der Waals surface area contributed by atoms with Gasteiger partial charge in [-0.2, -0.15) is 0 Å². The van der Waals surface area contributed by atoms with E-state index in [0.29, 0.717) is 17.4 Å². The molecule has 0 unspecified atom stereocenters. The van der Waals surface area contributed by atoms with Crippen molar-refractivity contribution in [2.45, 2.75) is 19.8 Å². The van der Waals surface area contributed by atoms with Gasteiger partial charge in [0.2, 0.25) is 5.88 Å². The van der Waals surface area contributed by atoms with Gasteiger partial charge in [0.25, 0.3) is 0 Å². The molecule has 0 fully saturated rings. The van der Waals surface area contributed by atoms with Crippen LogP contribution >= 0.6 is 0 Å². The number of fused-ring (bicyclic) bond motifs is 2. The predicted molar refractivity (Wildman–Crippen MR) is 132 cm³/mol. The molecule has 0 spiro atoms. The first-order valence-corrected chi connectivity index (χ1v) is 11.2. The lowest BCUT2D eigenvalue weighted by atomic mass is 10.00. The molecule has 0 amide bonds. The van der Waals surface area contributed by atoms with E-state index in [1.807, 2.05) is 24.3 Å². The van der Waals surface area contributed by atoms with E-state index >= 15 is 0 Å². The Morgan fingerprint density at radius 1 is 0.794 bits per heavy atom. The molecular weight excluding hydrogens is 430 g/mol. The van der Waals surface area contributed by atoms with Crippen LogP contribution in [-0.4, -0.2) is 37.8 Å². The SMILES string of the molecule is COc1cc2ncnc(Oc3ccc4c(c3)CCCN4c3cc(C)ccc3OC)c2cc1OC. The molecule has 2 heterocycles. The minimum absolute atomic E-state index is 0.471. The molecule has 7 heteroatoms. The number of anilines is 2. The molecule has 1 aromatic heterocycles. The summed E-state index contributed by atoms with van der Waals surface area (Å²) in [6.45, 7) is 3.03. The van der Waals surface area contributed by atoms with E-state index in [9.17, 15) is 0 Å². The van der Waals surface area contributed by atoms with Crippen LogP contribution in [0.5, 0.6) is 28.9 Å². The van der Waals surface area contributed by atoms with Gasteiger partial charge in [-0.1, -0.05) is 6.07 Å². The summed E-state index contributed by atoms with van der Waals surface area (Å²) in [7, 11) is 4.92. The van der Waals surface area contributed by atoms with Gasteiger partial charge in [-0.3, -0.25) is 0 Å². The fraction of sp³-hybridized carbons (Fsp3) is 0.259. The van der Waals surface area contributed by atoms with Crippen molar-refractivity contribution in [3.05, 3.63) is 66.0 Å². The number of ether oxygens (including phenoxy) is 4. The maximum absolute atomic E-state index is 6.25. The van der Waals surface area contributed by atoms with Gasteiger partial charge in [-0.25, -0.2) is 9.97 Å². The van der Waals surface area contributed by atoms with Gasteiger partial charge in [0.1, 0.15) is 17.8 Å². The second-order valence-electron chi connectivity index (χ2n) is 8.23. The fourth-order valence-corrected chi connectivity index (χ4v) is 4.45. The van der Waals surface area contributed by atoms with Crippen LogP contribution in [0.4, 0.5) is 11.4 Å². The molecule has 7 nitrogen and oxygen atoms in total. The number of aryl methyl sites for hydroxylation is 2. The highest BCUT2D eigenvalue weighted by atomic mass is 16.5. The Hall–Kier alpha value is -4.00. The first-order chi connectivity index (χ1) is 16.6. The minimum atomic E-state index is 0.471. The summed E-state index contributed by atoms with van der Waals surface area (Å²) in [6.07, 6.45) is 3.52. The Kier molecular flexibility index (Phi) is 5.84. The summed E-state index contributed by atoms with van der Waals surface area (Å²) >= 11 is 0. The molecule has 0 aliphatic carbocycles. The zero-order chi connectivity index (χ0) is 23.7. The predicted octanol–water partition coefficient (Wildman–Crippen LogP) is 5.84. The summed E-state index contributed by atoms with van der Waals surface area (Å²) < 4.78 is 22.7. The second-order valence-corrected chi connectivity index (χ2v) is 8.23. The topological polar surface area (TPSA) is 65.9 Å². The van der Waals surface area contributed by atoms with E-state index in [1.165, 1.54) is 23.1 Å². The highest BCUT2D eigenvalue weighted by molar-refractivity contribution is 5.87. The Morgan fingerprint density at radius 2 is 1.59 bits per heavy atom. The maximum Gasteiger partial charge on any atom is 0.230 e. The first kappa shape index (κ1) is 21.8. The van der Waals surface area contributed by atoms with Crippen LogP contribution in [0.25, 0.3) is 10.9 Å². The largest absolute Gasteiger partial charge is 0.495 e. The number of methoxy groups -OCH3 is 3. The number of rotatable bonds is 6. The Labute approximate surface area is 198 Å². The van der Waals surface area contributed by atoms with Gasteiger partial charge in [-0.15, -0.1) is 0 Å². The highest BCUT2D eigenvalue weighted by Gasteiger charge is 2.22. The third-order valence-electron chi connectivity index (χ3n) is 6.11. The fourth-order valence-electron chi connectivity index (χ4n) is 4.45. The van der Waals surface area contributed by atoms with Crippen LogP contribution in [0.1, 0.15) is 17.5 Å². The molecule has 1 aliphatic rings. The zero-order valence-electron chi connectivity index (χ0n) is 19.8. The van der Waals surface area contributed by atoms with Crippen LogP contribution in [0.15, 0.2) is 54.9 Å². The molecule has 1 aliphatic heterocycles. The zero-order valence-corrected chi connectivity index (χ0v) is 19.8. The quantitative estimate of drug-likeness (QED) is 0.360. The van der Waals surface area contributed by atoms with Crippen molar-refractivity contribution in [2.24, 2.45) is 0 Å². The summed E-state index contributed by atoms with van der Waals surface area (Å²) in [5.41, 5.74) is 5.40. The molecule has 0 saturated heterocycles. The molecule has 3 aromatic carbocycles. The number of hydrogen-bond donors (Lipinski definition) is 0. The maximum atomic E-state index is 6.25. The van der Waals surface area contributed by atoms with E-state index in [4.69, 9.17) is 18.9 Å². The smallest absolute Gasteiger partial charge is 0.230 e. The van der Waals surface area contributed by atoms with E-state index in [2.05, 4.69) is 46.1 Å². The van der Waals surface area contributed by atoms with Gasteiger partial charge in [0.05, 0.1) is 37.9 Å². The minimum Gasteiger partial charge on any atom is -0.495 e. The van der Waals surface area contributed by atoms with Crippen molar-refractivity contribution >= 4 is 22.3 Å². The van der Waals surface area contributed by atoms with Gasteiger partial charge >= 0.3 is 0 Å². The van der Waals surface area contributed by atoms with Gasteiger partial charge in [0, 0.05) is 18.3 Å². The van der Waals surface area contributed by atoms with Gasteiger partial charge in [-0.05, 0) is 67.3 Å². The Morgan fingerprint density at radius 3 is 2.38 bits per heavy atom. The molecule has 34 heavy (non-hydrogen) atoms. The lowest BCUT2D eigenvalue weighted by Crippen LogP contribution is -2.25. The monoisotopic (exact) mass is 457 g/mol. The van der Waals surface area contributed by atoms with E-state index in [-0.39, 0.29) is 0 Å². The summed E-state index contributed by atoms with van der Waals surface area (Å²) in [4.78, 5) is 11.1. The van der Waals surface area contributed by atoms with Crippen molar-refractivity contribution in [3.63, 3.8) is 0 Å². The van der Waals surface area contributed by atoms with E-state index < -0.39 is 0 Å². The van der Waals surface area contributed by atoms with Crippen LogP contribution in [0.3, 0.4) is 0 Å². The molecule has 5 rings (SSSR count). The first-order valence-electron chi connectivity index (χ1n) is 11.2. The number of hydrogen-bond acceptors (Lipinski definition) is 7. The lowest BCUT2D eigenvalue weighted by molar-refractivity contribution is 0.355. The van der Waals surface area contributed by atoms with Crippen LogP contribution in [0.2, 0.25) is 0 Å². The molecule has 0 saturated carbocycles. The highest BCUT2D eigenvalue weighted by Crippen LogP contribution is 2.41. The normalized spacial score (nSPS) is 12.9. The van der Waals surface area contributed by atoms with Crippen molar-refractivity contribution in [2.75, 3.05) is 32.8 Å². The second kappa shape index (κ2) is 9.09.